The van der Waals surface area contributed by atoms with Gasteiger partial charge in [0.15, 0.2) is 5.82 Å². The summed E-state index contributed by atoms with van der Waals surface area (Å²) < 4.78 is 15.5. The van der Waals surface area contributed by atoms with E-state index in [0.717, 1.165) is 10.6 Å². The van der Waals surface area contributed by atoms with Crippen LogP contribution in [-0.4, -0.2) is 19.8 Å². The molecule has 0 aliphatic carbocycles. The molecule has 0 aliphatic rings. The predicted molar refractivity (Wildman–Crippen MR) is 93.2 cm³/mol. The van der Waals surface area contributed by atoms with E-state index in [1.165, 1.54) is 17.4 Å². The van der Waals surface area contributed by atoms with Gasteiger partial charge in [-0.15, -0.1) is 10.2 Å². The molecule has 118 valence electrons. The lowest BCUT2D eigenvalue weighted by molar-refractivity contribution is 0.611. The third kappa shape index (κ3) is 2.96. The standard InChI is InChI=1S/C18H13FN4S/c19-15-9-5-4-8-14(15)12-16-20-21-18-23(16)22-17(24-18)11-10-13-6-2-1-3-7-13/h1-11H,12H2/b11-10+. The van der Waals surface area contributed by atoms with E-state index in [4.69, 9.17) is 0 Å². The van der Waals surface area contributed by atoms with Crippen LogP contribution in [0.2, 0.25) is 0 Å². The van der Waals surface area contributed by atoms with Crippen LogP contribution in [-0.2, 0) is 6.42 Å². The number of aromatic nitrogens is 4. The lowest BCUT2D eigenvalue weighted by Gasteiger charge is -1.99. The zero-order valence-electron chi connectivity index (χ0n) is 12.6. The molecule has 0 spiro atoms. The Bertz CT molecular complexity index is 1000. The lowest BCUT2D eigenvalue weighted by Crippen LogP contribution is -1.99. The number of halogens is 1. The minimum absolute atomic E-state index is 0.242. The van der Waals surface area contributed by atoms with Gasteiger partial charge in [-0.1, -0.05) is 65.9 Å². The molecule has 0 aliphatic heterocycles. The van der Waals surface area contributed by atoms with E-state index < -0.39 is 0 Å². The van der Waals surface area contributed by atoms with Gasteiger partial charge in [0.1, 0.15) is 10.8 Å². The molecular weight excluding hydrogens is 323 g/mol. The monoisotopic (exact) mass is 336 g/mol. The molecule has 0 N–H and O–H groups in total. The molecule has 0 saturated heterocycles. The molecule has 4 nitrogen and oxygen atoms in total. The second-order valence-corrected chi connectivity index (χ2v) is 6.25. The largest absolute Gasteiger partial charge is 0.234 e. The molecule has 0 amide bonds. The average Bonchev–Trinajstić information content (AvgIpc) is 3.17. The number of nitrogens with zero attached hydrogens (tertiary/aromatic N) is 4. The summed E-state index contributed by atoms with van der Waals surface area (Å²) in [4.78, 5) is 0.703. The molecule has 6 heteroatoms. The molecule has 2 heterocycles. The molecule has 0 unspecified atom stereocenters. The van der Waals surface area contributed by atoms with Crippen molar-refractivity contribution in [2.45, 2.75) is 6.42 Å². The second-order valence-electron chi connectivity index (χ2n) is 5.26. The zero-order chi connectivity index (χ0) is 16.4. The highest BCUT2D eigenvalue weighted by Crippen LogP contribution is 2.19. The van der Waals surface area contributed by atoms with E-state index >= 15 is 0 Å². The number of hydrogen-bond acceptors (Lipinski definition) is 4. The fraction of sp³-hybridized carbons (Fsp3) is 0.0556. The van der Waals surface area contributed by atoms with Crippen LogP contribution in [0.25, 0.3) is 17.1 Å². The van der Waals surface area contributed by atoms with Gasteiger partial charge in [0.2, 0.25) is 4.96 Å². The first kappa shape index (κ1) is 14.7. The lowest BCUT2D eigenvalue weighted by atomic mass is 10.1. The van der Waals surface area contributed by atoms with Crippen molar-refractivity contribution in [1.82, 2.24) is 19.8 Å². The van der Waals surface area contributed by atoms with Crippen LogP contribution in [0, 0.1) is 5.82 Å². The van der Waals surface area contributed by atoms with Crippen molar-refractivity contribution in [3.8, 4) is 0 Å². The number of hydrogen-bond donors (Lipinski definition) is 0. The molecule has 0 atom stereocenters. The van der Waals surface area contributed by atoms with E-state index in [0.29, 0.717) is 22.8 Å². The SMILES string of the molecule is Fc1ccccc1Cc1nnc2sc(/C=C/c3ccccc3)nn12. The normalized spacial score (nSPS) is 11.5. The molecule has 0 bridgehead atoms. The van der Waals surface area contributed by atoms with Gasteiger partial charge < -0.3 is 0 Å². The van der Waals surface area contributed by atoms with Crippen molar-refractivity contribution >= 4 is 28.4 Å². The fourth-order valence-corrected chi connectivity index (χ4v) is 3.15. The predicted octanol–water partition coefficient (Wildman–Crippen LogP) is 4.09. The quantitative estimate of drug-likeness (QED) is 0.564. The summed E-state index contributed by atoms with van der Waals surface area (Å²) in [6.07, 6.45) is 4.31. The second kappa shape index (κ2) is 6.33. The van der Waals surface area contributed by atoms with Crippen LogP contribution in [0.1, 0.15) is 22.0 Å². The Morgan fingerprint density at radius 2 is 1.75 bits per heavy atom. The van der Waals surface area contributed by atoms with Crippen LogP contribution >= 0.6 is 11.3 Å². The highest BCUT2D eigenvalue weighted by atomic mass is 32.1. The maximum Gasteiger partial charge on any atom is 0.234 e. The van der Waals surface area contributed by atoms with Crippen molar-refractivity contribution in [2.75, 3.05) is 0 Å². The summed E-state index contributed by atoms with van der Waals surface area (Å²) in [6, 6.07) is 16.7. The van der Waals surface area contributed by atoms with Crippen molar-refractivity contribution in [2.24, 2.45) is 0 Å². The van der Waals surface area contributed by atoms with Gasteiger partial charge in [-0.25, -0.2) is 4.39 Å². The summed E-state index contributed by atoms with van der Waals surface area (Å²) in [7, 11) is 0. The van der Waals surface area contributed by atoms with E-state index in [1.54, 1.807) is 16.6 Å². The Hall–Kier alpha value is -2.86. The van der Waals surface area contributed by atoms with E-state index in [-0.39, 0.29) is 5.82 Å². The maximum absolute atomic E-state index is 13.8. The average molecular weight is 336 g/mol. The van der Waals surface area contributed by atoms with Gasteiger partial charge in [-0.3, -0.25) is 0 Å². The van der Waals surface area contributed by atoms with Gasteiger partial charge in [-0.2, -0.15) is 9.61 Å². The highest BCUT2D eigenvalue weighted by Gasteiger charge is 2.12. The third-order valence-corrected chi connectivity index (χ3v) is 4.46. The first-order valence-electron chi connectivity index (χ1n) is 7.47. The number of rotatable bonds is 4. The fourth-order valence-electron chi connectivity index (χ4n) is 2.39. The number of benzene rings is 2. The summed E-state index contributed by atoms with van der Waals surface area (Å²) in [5.41, 5.74) is 1.69. The van der Waals surface area contributed by atoms with E-state index in [1.807, 2.05) is 48.6 Å². The maximum atomic E-state index is 13.8. The van der Waals surface area contributed by atoms with E-state index in [9.17, 15) is 4.39 Å². The van der Waals surface area contributed by atoms with Crippen LogP contribution in [0.3, 0.4) is 0 Å². The molecule has 2 aromatic heterocycles. The van der Waals surface area contributed by atoms with Gasteiger partial charge in [0.05, 0.1) is 0 Å². The van der Waals surface area contributed by atoms with Crippen molar-refractivity contribution in [3.63, 3.8) is 0 Å². The van der Waals surface area contributed by atoms with Gasteiger partial charge in [0, 0.05) is 6.42 Å². The van der Waals surface area contributed by atoms with Gasteiger partial charge in [-0.05, 0) is 23.3 Å². The third-order valence-electron chi connectivity index (χ3n) is 3.60. The summed E-state index contributed by atoms with van der Waals surface area (Å²) in [5.74, 6) is 0.388. The molecule has 2 aromatic carbocycles. The highest BCUT2D eigenvalue weighted by molar-refractivity contribution is 7.17. The Morgan fingerprint density at radius 1 is 0.958 bits per heavy atom. The molecular formula is C18H13FN4S. The van der Waals surface area contributed by atoms with Gasteiger partial charge in [0.25, 0.3) is 0 Å². The molecule has 4 rings (SSSR count). The molecule has 4 aromatic rings. The first-order chi connectivity index (χ1) is 11.8. The van der Waals surface area contributed by atoms with Crippen molar-refractivity contribution in [1.29, 1.82) is 0 Å². The summed E-state index contributed by atoms with van der Waals surface area (Å²) in [6.45, 7) is 0. The minimum atomic E-state index is -0.242. The van der Waals surface area contributed by atoms with Crippen LogP contribution in [0.5, 0.6) is 0 Å². The van der Waals surface area contributed by atoms with Crippen LogP contribution < -0.4 is 0 Å². The summed E-state index contributed by atoms with van der Waals surface area (Å²) in [5, 5.41) is 13.6. The van der Waals surface area contributed by atoms with Crippen LogP contribution in [0.15, 0.2) is 54.6 Å². The molecule has 0 saturated carbocycles. The van der Waals surface area contributed by atoms with Crippen molar-refractivity contribution < 1.29 is 4.39 Å². The van der Waals surface area contributed by atoms with E-state index in [2.05, 4.69) is 15.3 Å². The Labute approximate surface area is 141 Å². The zero-order valence-corrected chi connectivity index (χ0v) is 13.4. The Kier molecular flexibility index (Phi) is 3.88. The molecule has 0 radical (unpaired) electrons. The topological polar surface area (TPSA) is 43.1 Å². The smallest absolute Gasteiger partial charge is 0.207 e. The first-order valence-corrected chi connectivity index (χ1v) is 8.29. The molecule has 0 fully saturated rings. The Morgan fingerprint density at radius 3 is 2.58 bits per heavy atom. The minimum Gasteiger partial charge on any atom is -0.207 e. The molecule has 24 heavy (non-hydrogen) atoms. The number of fused-ring (bicyclic) bond motifs is 1. The summed E-state index contributed by atoms with van der Waals surface area (Å²) >= 11 is 1.45. The van der Waals surface area contributed by atoms with Crippen LogP contribution in [0.4, 0.5) is 4.39 Å². The van der Waals surface area contributed by atoms with Crippen molar-refractivity contribution in [3.05, 3.63) is 82.4 Å². The van der Waals surface area contributed by atoms with Gasteiger partial charge >= 0.3 is 0 Å². The Balaban J connectivity index is 1.62.